The molecule has 1 amide bonds. The van der Waals surface area contributed by atoms with E-state index in [1.807, 2.05) is 60.7 Å². The van der Waals surface area contributed by atoms with Gasteiger partial charge in [0.05, 0.1) is 39.9 Å². The van der Waals surface area contributed by atoms with Crippen LogP contribution in [0.2, 0.25) is 0 Å². The van der Waals surface area contributed by atoms with Crippen molar-refractivity contribution in [2.24, 2.45) is 11.7 Å². The topological polar surface area (TPSA) is 52.3 Å². The summed E-state index contributed by atoms with van der Waals surface area (Å²) >= 11 is 0. The van der Waals surface area contributed by atoms with Gasteiger partial charge in [-0.2, -0.15) is 0 Å². The smallest absolute Gasteiger partial charge is 0.233 e. The van der Waals surface area contributed by atoms with Gasteiger partial charge in [0.1, 0.15) is 17.0 Å². The fourth-order valence-electron chi connectivity index (χ4n) is 5.70. The average molecular weight is 480 g/mol. The van der Waals surface area contributed by atoms with Gasteiger partial charge < -0.3 is 15.0 Å². The first-order valence-corrected chi connectivity index (χ1v) is 12.1. The SMILES string of the molecule is C[N+]1(CCCOCc2cc(F)cc(F)c2)CC[C@@H](C(C(N)=O)(c2ccccc2)c2ccccc2)C1. The summed E-state index contributed by atoms with van der Waals surface area (Å²) in [7, 11) is 2.21. The van der Waals surface area contributed by atoms with Crippen molar-refractivity contribution in [3.63, 3.8) is 0 Å². The number of carbonyl (C=O) groups excluding carboxylic acids is 1. The molecule has 184 valence electrons. The van der Waals surface area contributed by atoms with Gasteiger partial charge in [-0.05, 0) is 28.8 Å². The van der Waals surface area contributed by atoms with Crippen LogP contribution in [0.25, 0.3) is 0 Å². The average Bonchev–Trinajstić information content (AvgIpc) is 3.22. The molecule has 1 aliphatic rings. The number of ether oxygens (including phenoxy) is 1. The van der Waals surface area contributed by atoms with Crippen LogP contribution >= 0.6 is 0 Å². The minimum atomic E-state index is -0.892. The van der Waals surface area contributed by atoms with E-state index in [0.29, 0.717) is 12.2 Å². The van der Waals surface area contributed by atoms with Gasteiger partial charge in [-0.1, -0.05) is 60.7 Å². The van der Waals surface area contributed by atoms with Gasteiger partial charge in [-0.25, -0.2) is 8.78 Å². The maximum Gasteiger partial charge on any atom is 0.233 e. The van der Waals surface area contributed by atoms with Crippen LogP contribution in [-0.2, 0) is 21.6 Å². The Hall–Kier alpha value is -3.09. The number of nitrogens with two attached hydrogens (primary N) is 1. The van der Waals surface area contributed by atoms with E-state index < -0.39 is 17.0 Å². The zero-order valence-corrected chi connectivity index (χ0v) is 20.1. The number of primary amides is 1. The van der Waals surface area contributed by atoms with E-state index in [0.717, 1.165) is 54.2 Å². The van der Waals surface area contributed by atoms with Crippen LogP contribution < -0.4 is 5.73 Å². The van der Waals surface area contributed by atoms with Crippen LogP contribution in [0.1, 0.15) is 29.5 Å². The summed E-state index contributed by atoms with van der Waals surface area (Å²) in [5.41, 5.74) is 7.66. The van der Waals surface area contributed by atoms with E-state index in [-0.39, 0.29) is 18.4 Å². The van der Waals surface area contributed by atoms with Crippen molar-refractivity contribution in [2.75, 3.05) is 33.3 Å². The Balaban J connectivity index is 1.45. The van der Waals surface area contributed by atoms with Crippen LogP contribution in [-0.4, -0.2) is 43.7 Å². The fourth-order valence-corrected chi connectivity index (χ4v) is 5.70. The van der Waals surface area contributed by atoms with Crippen LogP contribution in [0.4, 0.5) is 8.78 Å². The number of hydrogen-bond donors (Lipinski definition) is 1. The molecule has 0 radical (unpaired) electrons. The molecule has 0 bridgehead atoms. The van der Waals surface area contributed by atoms with Gasteiger partial charge in [-0.3, -0.25) is 4.79 Å². The fraction of sp³-hybridized carbons (Fsp3) is 0.345. The van der Waals surface area contributed by atoms with E-state index >= 15 is 0 Å². The number of halogens is 2. The van der Waals surface area contributed by atoms with Gasteiger partial charge in [0, 0.05) is 24.8 Å². The summed E-state index contributed by atoms with van der Waals surface area (Å²) in [5.74, 6) is -1.45. The maximum absolute atomic E-state index is 13.4. The Morgan fingerprint density at radius 2 is 1.57 bits per heavy atom. The van der Waals surface area contributed by atoms with Gasteiger partial charge in [0.25, 0.3) is 0 Å². The molecule has 2 N–H and O–H groups in total. The molecule has 4 nitrogen and oxygen atoms in total. The van der Waals surface area contributed by atoms with E-state index in [4.69, 9.17) is 10.5 Å². The molecule has 1 unspecified atom stereocenters. The highest BCUT2D eigenvalue weighted by molar-refractivity contribution is 5.91. The Morgan fingerprint density at radius 1 is 1.00 bits per heavy atom. The Morgan fingerprint density at radius 3 is 2.11 bits per heavy atom. The van der Waals surface area contributed by atoms with Crippen molar-refractivity contribution in [1.82, 2.24) is 0 Å². The molecule has 0 aromatic heterocycles. The molecule has 3 aromatic rings. The molecule has 0 aliphatic carbocycles. The Bertz CT molecular complexity index is 1080. The normalized spacial score (nSPS) is 20.1. The van der Waals surface area contributed by atoms with Crippen LogP contribution in [0.15, 0.2) is 78.9 Å². The molecule has 3 aromatic carbocycles. The molecule has 1 saturated heterocycles. The second-order valence-electron chi connectivity index (χ2n) is 9.82. The monoisotopic (exact) mass is 479 g/mol. The van der Waals surface area contributed by atoms with Crippen LogP contribution in [0.3, 0.4) is 0 Å². The summed E-state index contributed by atoms with van der Waals surface area (Å²) < 4.78 is 33.2. The molecule has 2 atom stereocenters. The molecule has 1 heterocycles. The van der Waals surface area contributed by atoms with Crippen LogP contribution in [0, 0.1) is 17.6 Å². The van der Waals surface area contributed by atoms with Crippen molar-refractivity contribution in [3.05, 3.63) is 107 Å². The number of quaternary nitrogens is 1. The van der Waals surface area contributed by atoms with Crippen molar-refractivity contribution >= 4 is 5.91 Å². The summed E-state index contributed by atoms with van der Waals surface area (Å²) in [4.78, 5) is 13.2. The third-order valence-electron chi connectivity index (χ3n) is 7.32. The van der Waals surface area contributed by atoms with Crippen LogP contribution in [0.5, 0.6) is 0 Å². The molecule has 0 saturated carbocycles. The first-order chi connectivity index (χ1) is 16.8. The van der Waals surface area contributed by atoms with E-state index in [1.54, 1.807) is 0 Å². The lowest BCUT2D eigenvalue weighted by molar-refractivity contribution is -0.899. The zero-order valence-electron chi connectivity index (χ0n) is 20.1. The predicted molar refractivity (Wildman–Crippen MR) is 132 cm³/mol. The van der Waals surface area contributed by atoms with Gasteiger partial charge >= 0.3 is 0 Å². The molecular weight excluding hydrogens is 446 g/mol. The second-order valence-corrected chi connectivity index (χ2v) is 9.82. The van der Waals surface area contributed by atoms with Crippen molar-refractivity contribution in [2.45, 2.75) is 24.9 Å². The number of benzene rings is 3. The lowest BCUT2D eigenvalue weighted by Gasteiger charge is -2.38. The molecule has 1 aliphatic heterocycles. The predicted octanol–water partition coefficient (Wildman–Crippen LogP) is 4.81. The number of likely N-dealkylation sites (tertiary alicyclic amines) is 1. The number of carbonyl (C=O) groups is 1. The highest BCUT2D eigenvalue weighted by atomic mass is 19.1. The number of hydrogen-bond acceptors (Lipinski definition) is 2. The van der Waals surface area contributed by atoms with E-state index in [2.05, 4.69) is 7.05 Å². The minimum absolute atomic E-state index is 0.0611. The summed E-state index contributed by atoms with van der Waals surface area (Å²) in [5, 5.41) is 0. The lowest BCUT2D eigenvalue weighted by Crippen LogP contribution is -2.51. The molecular formula is C29H33F2N2O2+. The summed E-state index contributed by atoms with van der Waals surface area (Å²) in [6.07, 6.45) is 1.69. The lowest BCUT2D eigenvalue weighted by atomic mass is 9.64. The molecule has 1 fully saturated rings. The van der Waals surface area contributed by atoms with Crippen molar-refractivity contribution in [1.29, 1.82) is 0 Å². The second kappa shape index (κ2) is 10.7. The van der Waals surface area contributed by atoms with Gasteiger partial charge in [0.15, 0.2) is 0 Å². The quantitative estimate of drug-likeness (QED) is 0.335. The van der Waals surface area contributed by atoms with Gasteiger partial charge in [0.2, 0.25) is 5.91 Å². The van der Waals surface area contributed by atoms with Crippen molar-refractivity contribution in [3.8, 4) is 0 Å². The Kier molecular flexibility index (Phi) is 7.63. The minimum Gasteiger partial charge on any atom is -0.377 e. The van der Waals surface area contributed by atoms with Gasteiger partial charge in [-0.15, -0.1) is 0 Å². The first-order valence-electron chi connectivity index (χ1n) is 12.1. The third kappa shape index (κ3) is 5.44. The highest BCUT2D eigenvalue weighted by Crippen LogP contribution is 2.45. The largest absolute Gasteiger partial charge is 0.377 e. The number of nitrogens with zero attached hydrogens (tertiary/aromatic N) is 1. The highest BCUT2D eigenvalue weighted by Gasteiger charge is 2.53. The standard InChI is InChI=1S/C29H32F2N2O2/c1-33(14-8-16-35-21-22-17-26(30)19-27(31)18-22)15-13-25(20-33)29(28(32)34,23-9-4-2-5-10-23)24-11-6-3-7-12-24/h2-7,9-12,17-19,25H,8,13-16,20-21H2,1H3,(H-,32,34)/p+1/t25-,33?/m1/s1. The molecule has 6 heteroatoms. The summed E-state index contributed by atoms with van der Waals surface area (Å²) in [6, 6.07) is 23.2. The first kappa shape index (κ1) is 25.0. The number of rotatable bonds is 10. The summed E-state index contributed by atoms with van der Waals surface area (Å²) in [6.45, 7) is 3.31. The molecule has 35 heavy (non-hydrogen) atoms. The third-order valence-corrected chi connectivity index (χ3v) is 7.32. The van der Waals surface area contributed by atoms with Crippen molar-refractivity contribution < 1.29 is 22.8 Å². The molecule has 0 spiro atoms. The molecule has 4 rings (SSSR count). The van der Waals surface area contributed by atoms with E-state index in [9.17, 15) is 13.6 Å². The Labute approximate surface area is 205 Å². The maximum atomic E-state index is 13.4. The zero-order chi connectivity index (χ0) is 24.9. The van der Waals surface area contributed by atoms with E-state index in [1.165, 1.54) is 12.1 Å². The number of amides is 1.